The molecular weight excluding hydrogens is 428 g/mol. The van der Waals surface area contributed by atoms with E-state index in [-0.39, 0.29) is 54.1 Å². The van der Waals surface area contributed by atoms with Crippen LogP contribution in [0.5, 0.6) is 0 Å². The van der Waals surface area contributed by atoms with Gasteiger partial charge in [-0.25, -0.2) is 0 Å². The Morgan fingerprint density at radius 2 is 2.03 bits per heavy atom. The Bertz CT molecular complexity index is 771. The van der Waals surface area contributed by atoms with Gasteiger partial charge in [0, 0.05) is 17.8 Å². The summed E-state index contributed by atoms with van der Waals surface area (Å²) in [5, 5.41) is 10.2. The van der Waals surface area contributed by atoms with E-state index in [1.807, 2.05) is 27.7 Å². The fourth-order valence-electron chi connectivity index (χ4n) is 6.07. The zero-order valence-electron chi connectivity index (χ0n) is 20.1. The van der Waals surface area contributed by atoms with E-state index < -0.39 is 28.7 Å². The summed E-state index contributed by atoms with van der Waals surface area (Å²) >= 11 is 1.63. The van der Waals surface area contributed by atoms with Crippen molar-refractivity contribution in [3.8, 4) is 0 Å². The Kier molecular flexibility index (Phi) is 7.35. The number of fused-ring (bicyclic) bond motifs is 1. The van der Waals surface area contributed by atoms with Gasteiger partial charge in [0.25, 0.3) is 0 Å². The van der Waals surface area contributed by atoms with Crippen molar-refractivity contribution < 1.29 is 24.2 Å². The number of aliphatic hydroxyl groups excluding tert-OH is 1. The molecule has 2 bridgehead atoms. The van der Waals surface area contributed by atoms with Crippen LogP contribution in [0.25, 0.3) is 0 Å². The lowest BCUT2D eigenvalue weighted by molar-refractivity contribution is -0.154. The first kappa shape index (κ1) is 25.1. The van der Waals surface area contributed by atoms with Crippen LogP contribution < -0.4 is 0 Å². The van der Waals surface area contributed by atoms with Gasteiger partial charge >= 0.3 is 5.97 Å². The van der Waals surface area contributed by atoms with Gasteiger partial charge in [0.1, 0.15) is 6.04 Å². The van der Waals surface area contributed by atoms with Crippen molar-refractivity contribution in [2.45, 2.75) is 76.1 Å². The summed E-state index contributed by atoms with van der Waals surface area (Å²) in [6.45, 7) is 15.9. The minimum absolute atomic E-state index is 0.0334. The van der Waals surface area contributed by atoms with E-state index in [2.05, 4.69) is 13.5 Å². The number of hydrogen-bond donors (Lipinski definition) is 1. The Balaban J connectivity index is 2.17. The van der Waals surface area contributed by atoms with Crippen LogP contribution >= 0.6 is 11.8 Å². The maximum atomic E-state index is 14.1. The molecule has 3 aliphatic heterocycles. The number of ether oxygens (including phenoxy) is 1. The number of likely N-dealkylation sites (tertiary alicyclic amines) is 1. The van der Waals surface area contributed by atoms with E-state index in [0.717, 1.165) is 6.42 Å². The quantitative estimate of drug-likeness (QED) is 0.415. The van der Waals surface area contributed by atoms with E-state index in [0.29, 0.717) is 6.54 Å². The molecule has 2 amide bonds. The minimum Gasteiger partial charge on any atom is -0.466 e. The molecule has 0 saturated carbocycles. The van der Waals surface area contributed by atoms with E-state index in [1.165, 1.54) is 0 Å². The van der Waals surface area contributed by atoms with Crippen LogP contribution in [-0.2, 0) is 19.1 Å². The smallest absolute Gasteiger partial charge is 0.310 e. The lowest BCUT2D eigenvalue weighted by Crippen LogP contribution is -2.60. The van der Waals surface area contributed by atoms with Gasteiger partial charge in [-0.3, -0.25) is 14.4 Å². The first-order chi connectivity index (χ1) is 15.1. The fraction of sp³-hybridized carbons (Fsp3) is 0.792. The molecule has 0 radical (unpaired) electrons. The standard InChI is InChI=1S/C24H38N2O5S/c1-8-10-25(14(5)6)22(29)20-24-15(7)11-17(32-24)18(23(30)31-9-2)19(24)21(28)26(20)16(12-27)13(3)4/h8,13-20,27H,1,9-12H2,2-7H3/t15?,16-,17+,18-,19-,20?,24?/m0/s1. The van der Waals surface area contributed by atoms with Crippen LogP contribution in [-0.4, -0.2) is 80.6 Å². The monoisotopic (exact) mass is 466 g/mol. The molecule has 3 saturated heterocycles. The predicted molar refractivity (Wildman–Crippen MR) is 125 cm³/mol. The lowest BCUT2D eigenvalue weighted by Gasteiger charge is -2.43. The number of nitrogens with zero attached hydrogens (tertiary/aromatic N) is 2. The average Bonchev–Trinajstić information content (AvgIpc) is 3.30. The molecule has 3 fully saturated rings. The first-order valence-electron chi connectivity index (χ1n) is 11.8. The van der Waals surface area contributed by atoms with Gasteiger partial charge in [0.2, 0.25) is 11.8 Å². The molecule has 180 valence electrons. The lowest BCUT2D eigenvalue weighted by atomic mass is 9.66. The zero-order chi connectivity index (χ0) is 24.0. The second kappa shape index (κ2) is 9.37. The van der Waals surface area contributed by atoms with Crippen molar-refractivity contribution in [1.82, 2.24) is 9.80 Å². The maximum Gasteiger partial charge on any atom is 0.310 e. The third-order valence-corrected chi connectivity index (χ3v) is 9.60. The molecule has 0 aliphatic carbocycles. The van der Waals surface area contributed by atoms with Crippen molar-refractivity contribution >= 4 is 29.5 Å². The number of carbonyl (C=O) groups excluding carboxylic acids is 3. The van der Waals surface area contributed by atoms with Gasteiger partial charge in [-0.15, -0.1) is 18.3 Å². The number of amides is 2. The fourth-order valence-corrected chi connectivity index (χ4v) is 8.46. The van der Waals surface area contributed by atoms with Crippen LogP contribution in [0.3, 0.4) is 0 Å². The molecule has 7 nitrogen and oxygen atoms in total. The Hall–Kier alpha value is -1.54. The number of carbonyl (C=O) groups is 3. The summed E-state index contributed by atoms with van der Waals surface area (Å²) in [5.41, 5.74) is 0. The van der Waals surface area contributed by atoms with Crippen LogP contribution in [0.15, 0.2) is 12.7 Å². The summed E-state index contributed by atoms with van der Waals surface area (Å²) in [5.74, 6) is -1.79. The van der Waals surface area contributed by atoms with E-state index >= 15 is 0 Å². The second-order valence-corrected chi connectivity index (χ2v) is 11.5. The molecular formula is C24H38N2O5S. The van der Waals surface area contributed by atoms with Gasteiger partial charge in [0.05, 0.1) is 35.8 Å². The topological polar surface area (TPSA) is 87.2 Å². The molecule has 3 heterocycles. The van der Waals surface area contributed by atoms with Gasteiger partial charge < -0.3 is 19.6 Å². The SMILES string of the molecule is C=CCN(C(=O)C1N([C@@H](CO)C(C)C)C(=O)[C@@H]2[C@@H](C(=O)OCC)[C@H]3CC(C)C12S3)C(C)C. The highest BCUT2D eigenvalue weighted by Gasteiger charge is 2.77. The highest BCUT2D eigenvalue weighted by Crippen LogP contribution is 2.69. The van der Waals surface area contributed by atoms with Gasteiger partial charge in [-0.2, -0.15) is 0 Å². The highest BCUT2D eigenvalue weighted by atomic mass is 32.2. The summed E-state index contributed by atoms with van der Waals surface area (Å²) < 4.78 is 4.67. The largest absolute Gasteiger partial charge is 0.466 e. The molecule has 3 unspecified atom stereocenters. The number of thioether (sulfide) groups is 1. The van der Waals surface area contributed by atoms with Crippen LogP contribution in [0.1, 0.15) is 48.0 Å². The van der Waals surface area contributed by atoms with Crippen molar-refractivity contribution in [3.63, 3.8) is 0 Å². The highest BCUT2D eigenvalue weighted by molar-refractivity contribution is 8.02. The Morgan fingerprint density at radius 3 is 2.53 bits per heavy atom. The van der Waals surface area contributed by atoms with Crippen LogP contribution in [0, 0.1) is 23.7 Å². The molecule has 7 atom stereocenters. The Labute approximate surface area is 195 Å². The van der Waals surface area contributed by atoms with E-state index in [1.54, 1.807) is 34.6 Å². The van der Waals surface area contributed by atoms with E-state index in [9.17, 15) is 19.5 Å². The summed E-state index contributed by atoms with van der Waals surface area (Å²) in [6, 6.07) is -1.30. The predicted octanol–water partition coefficient (Wildman–Crippen LogP) is 2.33. The van der Waals surface area contributed by atoms with Gasteiger partial charge in [-0.1, -0.05) is 26.8 Å². The average molecular weight is 467 g/mol. The number of aliphatic hydroxyl groups is 1. The van der Waals surface area contributed by atoms with Crippen molar-refractivity contribution in [2.75, 3.05) is 19.8 Å². The molecule has 0 aromatic carbocycles. The van der Waals surface area contributed by atoms with Crippen LogP contribution in [0.2, 0.25) is 0 Å². The van der Waals surface area contributed by atoms with Crippen molar-refractivity contribution in [2.24, 2.45) is 23.7 Å². The molecule has 1 spiro atoms. The first-order valence-corrected chi connectivity index (χ1v) is 12.6. The molecule has 8 heteroatoms. The van der Waals surface area contributed by atoms with Crippen molar-refractivity contribution in [3.05, 3.63) is 12.7 Å². The number of esters is 1. The zero-order valence-corrected chi connectivity index (χ0v) is 20.9. The Morgan fingerprint density at radius 1 is 1.38 bits per heavy atom. The molecule has 3 rings (SSSR count). The second-order valence-electron chi connectivity index (χ2n) is 9.92. The third-order valence-electron chi connectivity index (χ3n) is 7.52. The van der Waals surface area contributed by atoms with E-state index in [4.69, 9.17) is 4.74 Å². The maximum absolute atomic E-state index is 14.1. The molecule has 0 aromatic rings. The summed E-state index contributed by atoms with van der Waals surface area (Å²) in [7, 11) is 0. The van der Waals surface area contributed by atoms with Crippen LogP contribution in [0.4, 0.5) is 0 Å². The number of rotatable bonds is 9. The van der Waals surface area contributed by atoms with Gasteiger partial charge in [-0.05, 0) is 39.0 Å². The third kappa shape index (κ3) is 3.58. The molecule has 0 aromatic heterocycles. The van der Waals surface area contributed by atoms with Crippen molar-refractivity contribution in [1.29, 1.82) is 0 Å². The summed E-state index contributed by atoms with van der Waals surface area (Å²) in [4.78, 5) is 44.5. The minimum atomic E-state index is -0.730. The van der Waals surface area contributed by atoms with Gasteiger partial charge in [0.15, 0.2) is 0 Å². The molecule has 1 N–H and O–H groups in total. The molecule has 3 aliphatic rings. The molecule has 32 heavy (non-hydrogen) atoms. The summed E-state index contributed by atoms with van der Waals surface area (Å²) in [6.07, 6.45) is 2.47. The number of hydrogen-bond acceptors (Lipinski definition) is 6. The normalized spacial score (nSPS) is 34.2.